The average molecular weight is 320 g/mol. The van der Waals surface area contributed by atoms with E-state index in [0.717, 1.165) is 37.4 Å². The minimum Gasteiger partial charge on any atom is -0.495 e. The maximum atomic E-state index is 11.8. The highest BCUT2D eigenvalue weighted by Gasteiger charge is 2.22. The van der Waals surface area contributed by atoms with Crippen LogP contribution in [0.2, 0.25) is 0 Å². The van der Waals surface area contributed by atoms with Gasteiger partial charge in [-0.1, -0.05) is 12.1 Å². The predicted octanol–water partition coefficient (Wildman–Crippen LogP) is -0.145. The van der Waals surface area contributed by atoms with Gasteiger partial charge in [-0.3, -0.25) is 9.59 Å². The Bertz CT molecular complexity index is 542. The molecule has 1 aromatic rings. The summed E-state index contributed by atoms with van der Waals surface area (Å²) >= 11 is 0. The number of para-hydroxylation sites is 2. The maximum Gasteiger partial charge on any atom is 0.239 e. The van der Waals surface area contributed by atoms with E-state index in [9.17, 15) is 9.59 Å². The molecule has 1 aliphatic heterocycles. The first-order chi connectivity index (χ1) is 11.1. The fourth-order valence-electron chi connectivity index (χ4n) is 2.69. The van der Waals surface area contributed by atoms with Crippen LogP contribution in [0.5, 0.6) is 5.75 Å². The third-order valence-corrected chi connectivity index (χ3v) is 3.92. The van der Waals surface area contributed by atoms with Gasteiger partial charge in [-0.05, 0) is 25.0 Å². The lowest BCUT2D eigenvalue weighted by Gasteiger charge is -2.34. The summed E-state index contributed by atoms with van der Waals surface area (Å²) in [5, 5.41) is 5.41. The molecule has 0 radical (unpaired) electrons. The van der Waals surface area contributed by atoms with Gasteiger partial charge in [-0.25, -0.2) is 0 Å². The summed E-state index contributed by atoms with van der Waals surface area (Å²) in [4.78, 5) is 25.1. The van der Waals surface area contributed by atoms with E-state index in [0.29, 0.717) is 0 Å². The third-order valence-electron chi connectivity index (χ3n) is 3.92. The van der Waals surface area contributed by atoms with E-state index in [1.54, 1.807) is 7.11 Å². The number of ether oxygens (including phenoxy) is 1. The van der Waals surface area contributed by atoms with E-state index >= 15 is 0 Å². The van der Waals surface area contributed by atoms with Crippen molar-refractivity contribution in [1.29, 1.82) is 0 Å². The van der Waals surface area contributed by atoms with Crippen LogP contribution in [0.4, 0.5) is 5.69 Å². The minimum absolute atomic E-state index is 0.0250. The first-order valence-corrected chi connectivity index (χ1v) is 7.78. The summed E-state index contributed by atoms with van der Waals surface area (Å²) in [5.74, 6) is 0.355. The standard InChI is InChI=1S/C16H24N4O3/c1-23-14-5-3-2-4-13(14)20-8-6-12(7-9-20)19-16(22)11-18-15(21)10-17/h2-5,12H,6-11,17H2,1H3,(H,18,21)(H,19,22). The molecule has 0 atom stereocenters. The predicted molar refractivity (Wildman–Crippen MR) is 88.4 cm³/mol. The van der Waals surface area contributed by atoms with Crippen molar-refractivity contribution >= 4 is 17.5 Å². The van der Waals surface area contributed by atoms with Crippen molar-refractivity contribution in [3.8, 4) is 5.75 Å². The molecule has 1 heterocycles. The summed E-state index contributed by atoms with van der Waals surface area (Å²) < 4.78 is 5.39. The molecule has 1 fully saturated rings. The Morgan fingerprint density at radius 3 is 2.61 bits per heavy atom. The molecule has 4 N–H and O–H groups in total. The van der Waals surface area contributed by atoms with E-state index < -0.39 is 0 Å². The summed E-state index contributed by atoms with van der Waals surface area (Å²) in [6.45, 7) is 1.56. The normalized spacial score (nSPS) is 15.1. The zero-order valence-electron chi connectivity index (χ0n) is 13.4. The van der Waals surface area contributed by atoms with Gasteiger partial charge in [0, 0.05) is 19.1 Å². The van der Waals surface area contributed by atoms with Gasteiger partial charge in [0.05, 0.1) is 25.9 Å². The summed E-state index contributed by atoms with van der Waals surface area (Å²) in [5.41, 5.74) is 6.26. The topological polar surface area (TPSA) is 96.7 Å². The summed E-state index contributed by atoms with van der Waals surface area (Å²) in [6.07, 6.45) is 1.71. The Morgan fingerprint density at radius 1 is 1.26 bits per heavy atom. The molecule has 23 heavy (non-hydrogen) atoms. The van der Waals surface area contributed by atoms with Crippen LogP contribution >= 0.6 is 0 Å². The number of carbonyl (C=O) groups is 2. The molecule has 126 valence electrons. The van der Waals surface area contributed by atoms with Crippen LogP contribution in [0.3, 0.4) is 0 Å². The first kappa shape index (κ1) is 17.1. The molecule has 2 rings (SSSR count). The van der Waals surface area contributed by atoms with Crippen LogP contribution in [0, 0.1) is 0 Å². The van der Waals surface area contributed by atoms with E-state index in [1.807, 2.05) is 24.3 Å². The molecule has 7 heteroatoms. The van der Waals surface area contributed by atoms with Gasteiger partial charge in [-0.2, -0.15) is 0 Å². The number of piperidine rings is 1. The maximum absolute atomic E-state index is 11.8. The Kier molecular flexibility index (Phi) is 6.22. The number of hydrogen-bond donors (Lipinski definition) is 3. The van der Waals surface area contributed by atoms with Crippen molar-refractivity contribution in [2.45, 2.75) is 18.9 Å². The number of benzene rings is 1. The second-order valence-corrected chi connectivity index (χ2v) is 5.48. The molecule has 1 aliphatic rings. The Hall–Kier alpha value is -2.28. The van der Waals surface area contributed by atoms with Crippen molar-refractivity contribution < 1.29 is 14.3 Å². The molecule has 1 aromatic carbocycles. The van der Waals surface area contributed by atoms with Gasteiger partial charge in [0.1, 0.15) is 5.75 Å². The molecule has 0 spiro atoms. The molecule has 0 saturated carbocycles. The lowest BCUT2D eigenvalue weighted by molar-refractivity contribution is -0.125. The highest BCUT2D eigenvalue weighted by molar-refractivity contribution is 5.85. The molecule has 0 aromatic heterocycles. The quantitative estimate of drug-likeness (QED) is 0.678. The van der Waals surface area contributed by atoms with Crippen molar-refractivity contribution in [3.63, 3.8) is 0 Å². The smallest absolute Gasteiger partial charge is 0.239 e. The molecular formula is C16H24N4O3. The zero-order valence-corrected chi connectivity index (χ0v) is 13.4. The molecule has 2 amide bonds. The fourth-order valence-corrected chi connectivity index (χ4v) is 2.69. The van der Waals surface area contributed by atoms with E-state index in [-0.39, 0.29) is 30.9 Å². The van der Waals surface area contributed by atoms with Crippen LogP contribution < -0.4 is 26.0 Å². The Morgan fingerprint density at radius 2 is 1.96 bits per heavy atom. The van der Waals surface area contributed by atoms with Gasteiger partial charge in [-0.15, -0.1) is 0 Å². The SMILES string of the molecule is COc1ccccc1N1CCC(NC(=O)CNC(=O)CN)CC1. The van der Waals surface area contributed by atoms with Crippen LogP contribution in [0.15, 0.2) is 24.3 Å². The van der Waals surface area contributed by atoms with Gasteiger partial charge >= 0.3 is 0 Å². The Balaban J connectivity index is 1.80. The van der Waals surface area contributed by atoms with Gasteiger partial charge < -0.3 is 26.0 Å². The first-order valence-electron chi connectivity index (χ1n) is 7.78. The zero-order chi connectivity index (χ0) is 16.7. The van der Waals surface area contributed by atoms with Gasteiger partial charge in [0.25, 0.3) is 0 Å². The van der Waals surface area contributed by atoms with Crippen molar-refractivity contribution in [2.75, 3.05) is 38.2 Å². The number of amides is 2. The largest absolute Gasteiger partial charge is 0.495 e. The van der Waals surface area contributed by atoms with E-state index in [4.69, 9.17) is 10.5 Å². The van der Waals surface area contributed by atoms with Crippen LogP contribution in [0.25, 0.3) is 0 Å². The number of rotatable bonds is 6. The fraction of sp³-hybridized carbons (Fsp3) is 0.500. The monoisotopic (exact) mass is 320 g/mol. The molecule has 0 unspecified atom stereocenters. The minimum atomic E-state index is -0.328. The van der Waals surface area contributed by atoms with Crippen LogP contribution in [0.1, 0.15) is 12.8 Å². The lowest BCUT2D eigenvalue weighted by Crippen LogP contribution is -2.48. The molecule has 0 bridgehead atoms. The second kappa shape index (κ2) is 8.38. The number of nitrogens with zero attached hydrogens (tertiary/aromatic N) is 1. The highest BCUT2D eigenvalue weighted by atomic mass is 16.5. The average Bonchev–Trinajstić information content (AvgIpc) is 2.60. The van der Waals surface area contributed by atoms with Gasteiger partial charge in [0.15, 0.2) is 0 Å². The van der Waals surface area contributed by atoms with Crippen LogP contribution in [-0.4, -0.2) is 51.1 Å². The van der Waals surface area contributed by atoms with E-state index in [2.05, 4.69) is 15.5 Å². The number of nitrogens with one attached hydrogen (secondary N) is 2. The number of nitrogens with two attached hydrogens (primary N) is 1. The third kappa shape index (κ3) is 4.85. The number of hydrogen-bond acceptors (Lipinski definition) is 5. The Labute approximate surface area is 136 Å². The van der Waals surface area contributed by atoms with Crippen LogP contribution in [-0.2, 0) is 9.59 Å². The second-order valence-electron chi connectivity index (χ2n) is 5.48. The molecular weight excluding hydrogens is 296 g/mol. The van der Waals surface area contributed by atoms with Crippen molar-refractivity contribution in [2.24, 2.45) is 5.73 Å². The van der Waals surface area contributed by atoms with Crippen molar-refractivity contribution in [1.82, 2.24) is 10.6 Å². The summed E-state index contributed by atoms with van der Waals surface area (Å²) in [6, 6.07) is 8.06. The molecule has 0 aliphatic carbocycles. The lowest BCUT2D eigenvalue weighted by atomic mass is 10.0. The molecule has 7 nitrogen and oxygen atoms in total. The van der Waals surface area contributed by atoms with E-state index in [1.165, 1.54) is 0 Å². The van der Waals surface area contributed by atoms with Crippen molar-refractivity contribution in [3.05, 3.63) is 24.3 Å². The molecule has 1 saturated heterocycles. The summed E-state index contributed by atoms with van der Waals surface area (Å²) in [7, 11) is 1.67. The van der Waals surface area contributed by atoms with Gasteiger partial charge in [0.2, 0.25) is 11.8 Å². The highest BCUT2D eigenvalue weighted by Crippen LogP contribution is 2.29. The number of anilines is 1. The number of carbonyl (C=O) groups excluding carboxylic acids is 2. The number of methoxy groups -OCH3 is 1.